The molecule has 4 heteroatoms. The van der Waals surface area contributed by atoms with Gasteiger partial charge >= 0.3 is 0 Å². The van der Waals surface area contributed by atoms with Crippen molar-refractivity contribution < 1.29 is 0 Å². The van der Waals surface area contributed by atoms with Crippen molar-refractivity contribution in [2.75, 3.05) is 11.1 Å². The van der Waals surface area contributed by atoms with Crippen LogP contribution in [0.25, 0.3) is 0 Å². The number of hydrogen-bond acceptors (Lipinski definition) is 4. The van der Waals surface area contributed by atoms with Gasteiger partial charge in [0.2, 0.25) is 0 Å². The van der Waals surface area contributed by atoms with Crippen molar-refractivity contribution >= 4 is 11.5 Å². The molecule has 2 heterocycles. The molecule has 4 N–H and O–H groups in total. The Kier molecular flexibility index (Phi) is 3.23. The number of anilines is 2. The zero-order valence-corrected chi connectivity index (χ0v) is 11.7. The molecule has 18 heavy (non-hydrogen) atoms. The number of piperidine rings is 1. The summed E-state index contributed by atoms with van der Waals surface area (Å²) in [4.78, 5) is 4.31. The average molecular weight is 248 g/mol. The molecule has 0 saturated carbocycles. The molecule has 0 spiro atoms. The predicted molar refractivity (Wildman–Crippen MR) is 76.6 cm³/mol. The van der Waals surface area contributed by atoms with Crippen LogP contribution < -0.4 is 16.4 Å². The summed E-state index contributed by atoms with van der Waals surface area (Å²) in [6.45, 7) is 9.00. The zero-order valence-electron chi connectivity index (χ0n) is 11.7. The van der Waals surface area contributed by atoms with Gasteiger partial charge in [-0.3, -0.25) is 0 Å². The first-order valence-electron chi connectivity index (χ1n) is 6.53. The summed E-state index contributed by atoms with van der Waals surface area (Å²) in [7, 11) is 0. The monoisotopic (exact) mass is 248 g/mol. The standard InChI is InChI=1S/C14H24N4/c1-13(2)7-11(8-14(3,4)18-13)17-12-6-5-10(15)9-16-12/h5-6,9,11,18H,7-8,15H2,1-4H3,(H,16,17). The Bertz CT molecular complexity index is 392. The number of aromatic nitrogens is 1. The molecule has 2 rings (SSSR count). The lowest BCUT2D eigenvalue weighted by Crippen LogP contribution is -2.60. The first-order valence-corrected chi connectivity index (χ1v) is 6.53. The molecule has 0 amide bonds. The van der Waals surface area contributed by atoms with Crippen molar-refractivity contribution in [2.45, 2.75) is 57.7 Å². The van der Waals surface area contributed by atoms with Crippen molar-refractivity contribution in [3.05, 3.63) is 18.3 Å². The smallest absolute Gasteiger partial charge is 0.126 e. The van der Waals surface area contributed by atoms with E-state index in [9.17, 15) is 0 Å². The first-order chi connectivity index (χ1) is 8.26. The highest BCUT2D eigenvalue weighted by atomic mass is 15.1. The van der Waals surface area contributed by atoms with Crippen molar-refractivity contribution in [1.82, 2.24) is 10.3 Å². The van der Waals surface area contributed by atoms with E-state index >= 15 is 0 Å². The minimum absolute atomic E-state index is 0.146. The van der Waals surface area contributed by atoms with Crippen LogP contribution in [0.2, 0.25) is 0 Å². The maximum atomic E-state index is 5.65. The van der Waals surface area contributed by atoms with Crippen LogP contribution in [-0.4, -0.2) is 22.1 Å². The maximum Gasteiger partial charge on any atom is 0.126 e. The fourth-order valence-electron chi connectivity index (χ4n) is 3.12. The summed E-state index contributed by atoms with van der Waals surface area (Å²) in [6, 6.07) is 4.26. The molecule has 1 saturated heterocycles. The van der Waals surface area contributed by atoms with Gasteiger partial charge in [-0.2, -0.15) is 0 Å². The lowest BCUT2D eigenvalue weighted by Gasteiger charge is -2.46. The van der Waals surface area contributed by atoms with E-state index in [0.717, 1.165) is 18.7 Å². The third kappa shape index (κ3) is 3.35. The number of hydrogen-bond donors (Lipinski definition) is 3. The van der Waals surface area contributed by atoms with Crippen LogP contribution in [0.3, 0.4) is 0 Å². The van der Waals surface area contributed by atoms with E-state index in [1.807, 2.05) is 12.1 Å². The summed E-state index contributed by atoms with van der Waals surface area (Å²) in [6.07, 6.45) is 3.87. The van der Waals surface area contributed by atoms with Gasteiger partial charge in [0.05, 0.1) is 11.9 Å². The minimum Gasteiger partial charge on any atom is -0.397 e. The quantitative estimate of drug-likeness (QED) is 0.752. The molecule has 0 radical (unpaired) electrons. The third-order valence-corrected chi connectivity index (χ3v) is 3.33. The van der Waals surface area contributed by atoms with Crippen molar-refractivity contribution in [2.24, 2.45) is 0 Å². The SMILES string of the molecule is CC1(C)CC(Nc2ccc(N)cn2)CC(C)(C)N1. The van der Waals surface area contributed by atoms with Gasteiger partial charge in [-0.25, -0.2) is 4.98 Å². The Labute approximate surface area is 109 Å². The van der Waals surface area contributed by atoms with E-state index in [4.69, 9.17) is 5.73 Å². The molecule has 100 valence electrons. The summed E-state index contributed by atoms with van der Waals surface area (Å²) >= 11 is 0. The van der Waals surface area contributed by atoms with Crippen molar-refractivity contribution in [3.8, 4) is 0 Å². The van der Waals surface area contributed by atoms with Crippen molar-refractivity contribution in [1.29, 1.82) is 0 Å². The molecule has 0 bridgehead atoms. The Morgan fingerprint density at radius 1 is 1.22 bits per heavy atom. The van der Waals surface area contributed by atoms with Crippen LogP contribution in [0, 0.1) is 0 Å². The summed E-state index contributed by atoms with van der Waals surface area (Å²) in [5.74, 6) is 0.905. The largest absolute Gasteiger partial charge is 0.397 e. The number of nitrogens with one attached hydrogen (secondary N) is 2. The van der Waals surface area contributed by atoms with Gasteiger partial charge in [-0.05, 0) is 52.7 Å². The Morgan fingerprint density at radius 2 is 1.83 bits per heavy atom. The highest BCUT2D eigenvalue weighted by Gasteiger charge is 2.37. The summed E-state index contributed by atoms with van der Waals surface area (Å²) < 4.78 is 0. The Hall–Kier alpha value is -1.29. The van der Waals surface area contributed by atoms with Gasteiger partial charge in [0.15, 0.2) is 0 Å². The molecule has 0 unspecified atom stereocenters. The number of pyridine rings is 1. The molecular formula is C14H24N4. The van der Waals surface area contributed by atoms with Crippen LogP contribution in [0.5, 0.6) is 0 Å². The van der Waals surface area contributed by atoms with Crippen LogP contribution in [0.15, 0.2) is 18.3 Å². The van der Waals surface area contributed by atoms with Crippen LogP contribution in [0.1, 0.15) is 40.5 Å². The summed E-state index contributed by atoms with van der Waals surface area (Å²) in [5.41, 5.74) is 6.64. The minimum atomic E-state index is 0.146. The van der Waals surface area contributed by atoms with Crippen LogP contribution >= 0.6 is 0 Å². The lowest BCUT2D eigenvalue weighted by atomic mass is 9.79. The highest BCUT2D eigenvalue weighted by molar-refractivity contribution is 5.44. The second-order valence-corrected chi connectivity index (χ2v) is 6.62. The number of nitrogen functional groups attached to an aromatic ring is 1. The number of rotatable bonds is 2. The molecule has 0 atom stereocenters. The van der Waals surface area contributed by atoms with Gasteiger partial charge in [0, 0.05) is 17.1 Å². The van der Waals surface area contributed by atoms with E-state index in [0.29, 0.717) is 11.7 Å². The molecule has 4 nitrogen and oxygen atoms in total. The molecule has 1 aromatic rings. The lowest BCUT2D eigenvalue weighted by molar-refractivity contribution is 0.170. The topological polar surface area (TPSA) is 63.0 Å². The fourth-order valence-corrected chi connectivity index (χ4v) is 3.12. The van der Waals surface area contributed by atoms with Gasteiger partial charge in [0.1, 0.15) is 5.82 Å². The van der Waals surface area contributed by atoms with Crippen LogP contribution in [0.4, 0.5) is 11.5 Å². The van der Waals surface area contributed by atoms with Gasteiger partial charge in [-0.1, -0.05) is 0 Å². The third-order valence-electron chi connectivity index (χ3n) is 3.33. The molecular weight excluding hydrogens is 224 g/mol. The molecule has 1 aliphatic heterocycles. The average Bonchev–Trinajstić information content (AvgIpc) is 2.16. The normalized spacial score (nSPS) is 22.7. The predicted octanol–water partition coefficient (Wildman–Crippen LogP) is 2.38. The van der Waals surface area contributed by atoms with Gasteiger partial charge in [0.25, 0.3) is 0 Å². The second kappa shape index (κ2) is 4.43. The molecule has 0 aliphatic carbocycles. The van der Waals surface area contributed by atoms with Gasteiger partial charge in [-0.15, -0.1) is 0 Å². The highest BCUT2D eigenvalue weighted by Crippen LogP contribution is 2.30. The van der Waals surface area contributed by atoms with Gasteiger partial charge < -0.3 is 16.4 Å². The number of nitrogens with two attached hydrogens (primary N) is 1. The zero-order chi connectivity index (χ0) is 13.4. The molecule has 1 aliphatic rings. The van der Waals surface area contributed by atoms with E-state index in [1.54, 1.807) is 6.20 Å². The maximum absolute atomic E-state index is 5.65. The van der Waals surface area contributed by atoms with E-state index in [2.05, 4.69) is 43.3 Å². The van der Waals surface area contributed by atoms with E-state index in [1.165, 1.54) is 0 Å². The van der Waals surface area contributed by atoms with Crippen LogP contribution in [-0.2, 0) is 0 Å². The van der Waals surface area contributed by atoms with E-state index in [-0.39, 0.29) is 11.1 Å². The number of nitrogens with zero attached hydrogens (tertiary/aromatic N) is 1. The first kappa shape index (κ1) is 13.1. The molecule has 1 fully saturated rings. The molecule has 0 aromatic carbocycles. The summed E-state index contributed by atoms with van der Waals surface area (Å²) in [5, 5.41) is 7.19. The fraction of sp³-hybridized carbons (Fsp3) is 0.643. The second-order valence-electron chi connectivity index (χ2n) is 6.62. The van der Waals surface area contributed by atoms with E-state index < -0.39 is 0 Å². The van der Waals surface area contributed by atoms with Crippen molar-refractivity contribution in [3.63, 3.8) is 0 Å². The molecule has 1 aromatic heterocycles. The Morgan fingerprint density at radius 3 is 2.33 bits per heavy atom. The Balaban J connectivity index is 2.07.